The highest BCUT2D eigenvalue weighted by Gasteiger charge is 2.28. The predicted octanol–water partition coefficient (Wildman–Crippen LogP) is 3.35. The van der Waals surface area contributed by atoms with Crippen molar-refractivity contribution >= 4 is 46.3 Å². The van der Waals surface area contributed by atoms with Crippen molar-refractivity contribution in [2.45, 2.75) is 10.2 Å². The molecule has 0 bridgehead atoms. The van der Waals surface area contributed by atoms with Crippen LogP contribution in [0.2, 0.25) is 0 Å². The minimum Gasteiger partial charge on any atom is -0.507 e. The van der Waals surface area contributed by atoms with Crippen LogP contribution in [-0.4, -0.2) is 20.4 Å². The van der Waals surface area contributed by atoms with Gasteiger partial charge in [-0.2, -0.15) is 0 Å². The predicted molar refractivity (Wildman–Crippen MR) is 65.1 cm³/mol. The van der Waals surface area contributed by atoms with Gasteiger partial charge in [0.15, 0.2) is 5.78 Å². The number of Topliss-reactive ketones (excluding diaryl/α,β-unsaturated/α-hetero) is 1. The van der Waals surface area contributed by atoms with Crippen LogP contribution >= 0.6 is 34.8 Å². The molecule has 0 aliphatic heterocycles. The summed E-state index contributed by atoms with van der Waals surface area (Å²) in [6.07, 6.45) is -0.339. The smallest absolute Gasteiger partial charge is 0.228 e. The molecule has 0 radical (unpaired) electrons. The first-order valence-electron chi connectivity index (χ1n) is 4.28. The van der Waals surface area contributed by atoms with Gasteiger partial charge in [-0.1, -0.05) is 46.9 Å². The van der Waals surface area contributed by atoms with Crippen LogP contribution in [0.15, 0.2) is 24.3 Å². The highest BCUT2D eigenvalue weighted by Crippen LogP contribution is 2.29. The molecule has 3 nitrogen and oxygen atoms in total. The third-order valence-corrected chi connectivity index (χ3v) is 2.57. The molecule has 16 heavy (non-hydrogen) atoms. The van der Waals surface area contributed by atoms with Crippen LogP contribution in [0.3, 0.4) is 0 Å². The Morgan fingerprint density at radius 3 is 2.38 bits per heavy atom. The van der Waals surface area contributed by atoms with Gasteiger partial charge in [0.2, 0.25) is 3.79 Å². The van der Waals surface area contributed by atoms with Gasteiger partial charge >= 0.3 is 0 Å². The number of phenols is 1. The lowest BCUT2D eigenvalue weighted by Crippen LogP contribution is -2.21. The lowest BCUT2D eigenvalue weighted by molar-refractivity contribution is 0.0997. The number of hydrogen-bond donors (Lipinski definition) is 2. The van der Waals surface area contributed by atoms with E-state index in [1.165, 1.54) is 12.1 Å². The van der Waals surface area contributed by atoms with Gasteiger partial charge in [-0.05, 0) is 12.1 Å². The van der Waals surface area contributed by atoms with E-state index in [1.807, 2.05) is 0 Å². The molecule has 1 aromatic rings. The molecule has 0 fully saturated rings. The van der Waals surface area contributed by atoms with Crippen molar-refractivity contribution in [2.75, 3.05) is 0 Å². The number of aromatic hydroxyl groups is 1. The fourth-order valence-corrected chi connectivity index (χ4v) is 1.27. The summed E-state index contributed by atoms with van der Waals surface area (Å²) in [6.45, 7) is 0. The van der Waals surface area contributed by atoms with E-state index in [0.29, 0.717) is 0 Å². The average Bonchev–Trinajstić information content (AvgIpc) is 2.16. The Labute approximate surface area is 107 Å². The zero-order valence-electron chi connectivity index (χ0n) is 8.01. The molecule has 0 heterocycles. The lowest BCUT2D eigenvalue weighted by Gasteiger charge is -2.11. The van der Waals surface area contributed by atoms with Gasteiger partial charge < -0.3 is 10.5 Å². The van der Waals surface area contributed by atoms with Gasteiger partial charge in [0.05, 0.1) is 17.7 Å². The minimum absolute atomic E-state index is 0.112. The van der Waals surface area contributed by atoms with Crippen molar-refractivity contribution in [2.24, 2.45) is 0 Å². The van der Waals surface area contributed by atoms with Crippen molar-refractivity contribution in [3.05, 3.63) is 29.8 Å². The molecule has 0 saturated carbocycles. The number of alkyl halides is 3. The van der Waals surface area contributed by atoms with Crippen molar-refractivity contribution in [3.63, 3.8) is 0 Å². The maximum atomic E-state index is 11.6. The number of para-hydroxylation sites is 1. The summed E-state index contributed by atoms with van der Waals surface area (Å²) in [5, 5.41) is 16.8. The molecule has 0 spiro atoms. The van der Waals surface area contributed by atoms with E-state index in [0.717, 1.165) is 0 Å². The van der Waals surface area contributed by atoms with E-state index >= 15 is 0 Å². The molecule has 1 rings (SSSR count). The summed E-state index contributed by atoms with van der Waals surface area (Å²) < 4.78 is -1.89. The maximum Gasteiger partial charge on any atom is 0.228 e. The van der Waals surface area contributed by atoms with E-state index in [9.17, 15) is 9.90 Å². The largest absolute Gasteiger partial charge is 0.507 e. The Balaban J connectivity index is 2.82. The van der Waals surface area contributed by atoms with E-state index in [-0.39, 0.29) is 23.4 Å². The van der Waals surface area contributed by atoms with Crippen LogP contribution in [0.5, 0.6) is 5.75 Å². The number of benzene rings is 1. The molecule has 6 heteroatoms. The van der Waals surface area contributed by atoms with Gasteiger partial charge in [0, 0.05) is 0 Å². The molecule has 0 aromatic heterocycles. The molecule has 0 aliphatic carbocycles. The van der Waals surface area contributed by atoms with Gasteiger partial charge in [0.25, 0.3) is 0 Å². The van der Waals surface area contributed by atoms with Gasteiger partial charge in [-0.25, -0.2) is 0 Å². The van der Waals surface area contributed by atoms with Crippen LogP contribution in [0, 0.1) is 5.41 Å². The van der Waals surface area contributed by atoms with E-state index < -0.39 is 9.58 Å². The van der Waals surface area contributed by atoms with Gasteiger partial charge in [-0.3, -0.25) is 4.79 Å². The van der Waals surface area contributed by atoms with Crippen molar-refractivity contribution in [1.82, 2.24) is 0 Å². The second kappa shape index (κ2) is 5.04. The van der Waals surface area contributed by atoms with E-state index in [4.69, 9.17) is 40.2 Å². The molecule has 86 valence electrons. The molecular weight excluding hydrogens is 272 g/mol. The Morgan fingerprint density at radius 1 is 1.31 bits per heavy atom. The molecule has 0 unspecified atom stereocenters. The van der Waals surface area contributed by atoms with Gasteiger partial charge in [-0.15, -0.1) is 0 Å². The number of ketones is 1. The molecule has 0 atom stereocenters. The summed E-state index contributed by atoms with van der Waals surface area (Å²) in [4.78, 5) is 11.6. The van der Waals surface area contributed by atoms with Crippen molar-refractivity contribution in [1.29, 1.82) is 5.41 Å². The van der Waals surface area contributed by atoms with Crippen LogP contribution in [0.1, 0.15) is 16.8 Å². The number of rotatable bonds is 3. The van der Waals surface area contributed by atoms with Crippen LogP contribution in [-0.2, 0) is 0 Å². The standard InChI is InChI=1S/C10H8Cl3NO2/c11-10(12,13)9(14)5-8(16)6-3-1-2-4-7(6)15/h1-4,14-15H,5H2. The Bertz CT molecular complexity index is 426. The third kappa shape index (κ3) is 3.37. The lowest BCUT2D eigenvalue weighted by atomic mass is 10.1. The zero-order valence-corrected chi connectivity index (χ0v) is 10.3. The molecule has 0 amide bonds. The third-order valence-electron chi connectivity index (χ3n) is 1.88. The number of phenolic OH excluding ortho intramolecular Hbond substituents is 1. The quantitative estimate of drug-likeness (QED) is 0.507. The van der Waals surface area contributed by atoms with E-state index in [1.54, 1.807) is 12.1 Å². The number of halogens is 3. The second-order valence-electron chi connectivity index (χ2n) is 3.09. The Kier molecular flexibility index (Phi) is 4.19. The number of nitrogens with one attached hydrogen (secondary N) is 1. The monoisotopic (exact) mass is 279 g/mol. The van der Waals surface area contributed by atoms with Crippen LogP contribution in [0.4, 0.5) is 0 Å². The highest BCUT2D eigenvalue weighted by atomic mass is 35.6. The summed E-state index contributed by atoms with van der Waals surface area (Å²) >= 11 is 16.3. The Morgan fingerprint density at radius 2 is 1.88 bits per heavy atom. The molecule has 0 aliphatic rings. The molecular formula is C10H8Cl3NO2. The second-order valence-corrected chi connectivity index (χ2v) is 5.37. The number of carbonyl (C=O) groups excluding carboxylic acids is 1. The number of hydrogen-bond acceptors (Lipinski definition) is 3. The van der Waals surface area contributed by atoms with Crippen LogP contribution in [0.25, 0.3) is 0 Å². The van der Waals surface area contributed by atoms with Crippen molar-refractivity contribution < 1.29 is 9.90 Å². The first kappa shape index (κ1) is 13.3. The maximum absolute atomic E-state index is 11.6. The summed E-state index contributed by atoms with van der Waals surface area (Å²) in [7, 11) is 0. The fraction of sp³-hybridized carbons (Fsp3) is 0.200. The summed E-state index contributed by atoms with van der Waals surface area (Å²) in [6, 6.07) is 6.02. The normalized spacial score (nSPS) is 11.2. The fourth-order valence-electron chi connectivity index (χ4n) is 1.07. The first-order chi connectivity index (χ1) is 7.32. The van der Waals surface area contributed by atoms with Crippen molar-refractivity contribution in [3.8, 4) is 5.75 Å². The Hall–Kier alpha value is -0.770. The average molecular weight is 281 g/mol. The summed E-state index contributed by atoms with van der Waals surface area (Å²) in [5.74, 6) is -0.612. The van der Waals surface area contributed by atoms with Crippen LogP contribution < -0.4 is 0 Å². The SMILES string of the molecule is N=C(CC(=O)c1ccccc1O)C(Cl)(Cl)Cl. The highest BCUT2D eigenvalue weighted by molar-refractivity contribution is 6.77. The number of carbonyl (C=O) groups is 1. The topological polar surface area (TPSA) is 61.2 Å². The van der Waals surface area contributed by atoms with E-state index in [2.05, 4.69) is 0 Å². The molecule has 2 N–H and O–H groups in total. The molecule has 0 saturated heterocycles. The molecule has 1 aromatic carbocycles. The van der Waals surface area contributed by atoms with Gasteiger partial charge in [0.1, 0.15) is 5.75 Å². The summed E-state index contributed by atoms with van der Waals surface area (Å²) in [5.41, 5.74) is -0.216. The minimum atomic E-state index is -1.89. The first-order valence-corrected chi connectivity index (χ1v) is 5.41. The zero-order chi connectivity index (χ0) is 12.3.